The van der Waals surface area contributed by atoms with Gasteiger partial charge in [-0.2, -0.15) is 10.2 Å². The molecule has 0 radical (unpaired) electrons. The van der Waals surface area contributed by atoms with Crippen LogP contribution in [0.1, 0.15) is 34.5 Å². The lowest BCUT2D eigenvalue weighted by atomic mass is 9.95. The highest BCUT2D eigenvalue weighted by atomic mass is 16.4. The van der Waals surface area contributed by atoms with Gasteiger partial charge in [-0.3, -0.25) is 9.59 Å². The van der Waals surface area contributed by atoms with Gasteiger partial charge < -0.3 is 24.4 Å². The molecule has 3 aromatic rings. The Kier molecular flexibility index (Phi) is 5.94. The van der Waals surface area contributed by atoms with Crippen molar-refractivity contribution in [1.82, 2.24) is 10.3 Å². The van der Waals surface area contributed by atoms with E-state index in [0.29, 0.717) is 48.8 Å². The van der Waals surface area contributed by atoms with Crippen LogP contribution in [0.4, 0.5) is 11.6 Å². The molecule has 9 nitrogen and oxygen atoms in total. The van der Waals surface area contributed by atoms with Gasteiger partial charge >= 0.3 is 0 Å². The van der Waals surface area contributed by atoms with Gasteiger partial charge in [-0.25, -0.2) is 0 Å². The SMILES string of the molecule is CNC(=O)c1c(C)cccc1NC(=O)C1CCN(c2oc(-c3ccco3)nc2C#N)CC1. The van der Waals surface area contributed by atoms with Gasteiger partial charge in [-0.05, 0) is 43.5 Å². The number of carbonyl (C=O) groups excluding carboxylic acids is 2. The first kappa shape index (κ1) is 21.2. The van der Waals surface area contributed by atoms with Crippen LogP contribution in [-0.4, -0.2) is 36.9 Å². The average molecular weight is 433 g/mol. The van der Waals surface area contributed by atoms with Crippen molar-refractivity contribution in [3.63, 3.8) is 0 Å². The Labute approximate surface area is 185 Å². The number of nitrogens with one attached hydrogen (secondary N) is 2. The molecule has 1 aliphatic rings. The zero-order valence-electron chi connectivity index (χ0n) is 17.8. The van der Waals surface area contributed by atoms with E-state index in [1.54, 1.807) is 25.2 Å². The first-order chi connectivity index (χ1) is 15.5. The lowest BCUT2D eigenvalue weighted by Crippen LogP contribution is -2.38. The van der Waals surface area contributed by atoms with E-state index in [0.717, 1.165) is 5.56 Å². The maximum Gasteiger partial charge on any atom is 0.266 e. The van der Waals surface area contributed by atoms with Gasteiger partial charge in [0.1, 0.15) is 6.07 Å². The Morgan fingerprint density at radius 3 is 2.66 bits per heavy atom. The number of oxazole rings is 1. The number of rotatable bonds is 5. The molecule has 0 saturated carbocycles. The predicted molar refractivity (Wildman–Crippen MR) is 117 cm³/mol. The monoisotopic (exact) mass is 433 g/mol. The van der Waals surface area contributed by atoms with Gasteiger partial charge in [0, 0.05) is 26.1 Å². The first-order valence-electron chi connectivity index (χ1n) is 10.3. The van der Waals surface area contributed by atoms with Crippen LogP contribution in [0.3, 0.4) is 0 Å². The van der Waals surface area contributed by atoms with Gasteiger partial charge in [0.15, 0.2) is 5.76 Å². The summed E-state index contributed by atoms with van der Waals surface area (Å²) in [5.41, 5.74) is 1.95. The van der Waals surface area contributed by atoms with E-state index in [9.17, 15) is 14.9 Å². The number of furan rings is 1. The molecule has 1 saturated heterocycles. The largest absolute Gasteiger partial charge is 0.459 e. The van der Waals surface area contributed by atoms with Crippen molar-refractivity contribution in [2.45, 2.75) is 19.8 Å². The van der Waals surface area contributed by atoms with Crippen LogP contribution in [0.5, 0.6) is 0 Å². The van der Waals surface area contributed by atoms with E-state index in [1.165, 1.54) is 6.26 Å². The topological polar surface area (TPSA) is 124 Å². The molecule has 9 heteroatoms. The zero-order valence-corrected chi connectivity index (χ0v) is 17.8. The van der Waals surface area contributed by atoms with Crippen molar-refractivity contribution in [2.24, 2.45) is 5.92 Å². The lowest BCUT2D eigenvalue weighted by Gasteiger charge is -2.31. The third-order valence-corrected chi connectivity index (χ3v) is 5.58. The third kappa shape index (κ3) is 4.07. The predicted octanol–water partition coefficient (Wildman–Crippen LogP) is 3.33. The van der Waals surface area contributed by atoms with E-state index in [1.807, 2.05) is 24.0 Å². The number of piperidine rings is 1. The Balaban J connectivity index is 1.44. The molecule has 164 valence electrons. The molecule has 0 atom stereocenters. The number of hydrogen-bond donors (Lipinski definition) is 2. The van der Waals surface area contributed by atoms with Crippen molar-refractivity contribution >= 4 is 23.4 Å². The van der Waals surface area contributed by atoms with Gasteiger partial charge in [0.05, 0.1) is 17.5 Å². The van der Waals surface area contributed by atoms with Gasteiger partial charge in [-0.1, -0.05) is 12.1 Å². The van der Waals surface area contributed by atoms with Crippen LogP contribution in [-0.2, 0) is 4.79 Å². The molecule has 32 heavy (non-hydrogen) atoms. The number of aromatic nitrogens is 1. The quantitative estimate of drug-likeness (QED) is 0.632. The number of benzene rings is 1. The van der Waals surface area contributed by atoms with Crippen molar-refractivity contribution in [3.8, 4) is 17.7 Å². The van der Waals surface area contributed by atoms with Crippen molar-refractivity contribution < 1.29 is 18.4 Å². The van der Waals surface area contributed by atoms with E-state index < -0.39 is 0 Å². The van der Waals surface area contributed by atoms with Crippen LogP contribution >= 0.6 is 0 Å². The van der Waals surface area contributed by atoms with Crippen LogP contribution in [0.2, 0.25) is 0 Å². The summed E-state index contributed by atoms with van der Waals surface area (Å²) in [6.45, 7) is 2.91. The summed E-state index contributed by atoms with van der Waals surface area (Å²) in [5, 5.41) is 15.0. The molecule has 2 N–H and O–H groups in total. The number of nitrogens with zero attached hydrogens (tertiary/aromatic N) is 3. The zero-order chi connectivity index (χ0) is 22.7. The van der Waals surface area contributed by atoms with E-state index in [4.69, 9.17) is 8.83 Å². The molecule has 3 heterocycles. The molecular weight excluding hydrogens is 410 g/mol. The van der Waals surface area contributed by atoms with Crippen LogP contribution in [0, 0.1) is 24.2 Å². The van der Waals surface area contributed by atoms with Gasteiger partial charge in [0.25, 0.3) is 11.8 Å². The fourth-order valence-corrected chi connectivity index (χ4v) is 3.88. The number of hydrogen-bond acceptors (Lipinski definition) is 7. The number of carbonyl (C=O) groups is 2. The minimum atomic E-state index is -0.241. The fraction of sp³-hybridized carbons (Fsp3) is 0.304. The molecule has 0 aliphatic carbocycles. The van der Waals surface area contributed by atoms with Crippen molar-refractivity contribution in [3.05, 3.63) is 53.4 Å². The number of anilines is 2. The van der Waals surface area contributed by atoms with E-state index >= 15 is 0 Å². The second-order valence-corrected chi connectivity index (χ2v) is 7.59. The van der Waals surface area contributed by atoms with E-state index in [2.05, 4.69) is 21.7 Å². The number of aryl methyl sites for hydroxylation is 1. The van der Waals surface area contributed by atoms with Crippen LogP contribution < -0.4 is 15.5 Å². The highest BCUT2D eigenvalue weighted by Gasteiger charge is 2.30. The van der Waals surface area contributed by atoms with Crippen molar-refractivity contribution in [1.29, 1.82) is 5.26 Å². The molecule has 0 unspecified atom stereocenters. The lowest BCUT2D eigenvalue weighted by molar-refractivity contribution is -0.120. The summed E-state index contributed by atoms with van der Waals surface area (Å²) in [4.78, 5) is 31.3. The van der Waals surface area contributed by atoms with Crippen LogP contribution in [0.15, 0.2) is 45.4 Å². The summed E-state index contributed by atoms with van der Waals surface area (Å²) >= 11 is 0. The summed E-state index contributed by atoms with van der Waals surface area (Å²) < 4.78 is 11.1. The van der Waals surface area contributed by atoms with Crippen LogP contribution in [0.25, 0.3) is 11.7 Å². The summed E-state index contributed by atoms with van der Waals surface area (Å²) in [6.07, 6.45) is 2.67. The number of nitriles is 1. The van der Waals surface area contributed by atoms with Gasteiger partial charge in [-0.15, -0.1) is 0 Å². The molecule has 0 spiro atoms. The summed E-state index contributed by atoms with van der Waals surface area (Å²) in [5.74, 6) is 0.500. The fourth-order valence-electron chi connectivity index (χ4n) is 3.88. The highest BCUT2D eigenvalue weighted by Crippen LogP contribution is 2.31. The molecule has 0 bridgehead atoms. The minimum absolute atomic E-state index is 0.130. The second kappa shape index (κ2) is 8.98. The van der Waals surface area contributed by atoms with E-state index in [-0.39, 0.29) is 29.3 Å². The third-order valence-electron chi connectivity index (χ3n) is 5.58. The molecule has 4 rings (SSSR count). The molecule has 2 amide bonds. The standard InChI is InChI=1S/C23H23N5O4/c1-14-5-3-6-16(19(14)21(30)25-2)26-20(29)15-8-10-28(11-9-15)23-17(13-24)27-22(32-23)18-7-4-12-31-18/h3-7,12,15H,8-11H2,1-2H3,(H,25,30)(H,26,29). The number of amides is 2. The Hall–Kier alpha value is -4.06. The maximum absolute atomic E-state index is 12.9. The second-order valence-electron chi connectivity index (χ2n) is 7.59. The first-order valence-corrected chi connectivity index (χ1v) is 10.3. The summed E-state index contributed by atoms with van der Waals surface area (Å²) in [6, 6.07) is 10.9. The van der Waals surface area contributed by atoms with Crippen molar-refractivity contribution in [2.75, 3.05) is 30.4 Å². The smallest absolute Gasteiger partial charge is 0.266 e. The van der Waals surface area contributed by atoms with Gasteiger partial charge in [0.2, 0.25) is 17.5 Å². The Bertz CT molecular complexity index is 1170. The maximum atomic E-state index is 12.9. The molecule has 1 aromatic carbocycles. The molecular formula is C23H23N5O4. The highest BCUT2D eigenvalue weighted by molar-refractivity contribution is 6.05. The average Bonchev–Trinajstić information content (AvgIpc) is 3.48. The normalized spacial score (nSPS) is 14.1. The summed E-state index contributed by atoms with van der Waals surface area (Å²) in [7, 11) is 1.56. The Morgan fingerprint density at radius 2 is 2.00 bits per heavy atom. The Morgan fingerprint density at radius 1 is 1.22 bits per heavy atom. The molecule has 1 fully saturated rings. The molecule has 2 aromatic heterocycles. The molecule has 1 aliphatic heterocycles. The minimum Gasteiger partial charge on any atom is -0.459 e.